The molecule has 1 heterocycles. The van der Waals surface area contributed by atoms with Crippen molar-refractivity contribution in [3.63, 3.8) is 0 Å². The van der Waals surface area contributed by atoms with Crippen LogP contribution < -0.4 is 5.32 Å². The van der Waals surface area contributed by atoms with Gasteiger partial charge in [-0.05, 0) is 45.4 Å². The minimum Gasteiger partial charge on any atom is -0.373 e. The van der Waals surface area contributed by atoms with Gasteiger partial charge in [-0.25, -0.2) is 9.97 Å². The van der Waals surface area contributed by atoms with Gasteiger partial charge in [-0.2, -0.15) is 0 Å². The molecule has 0 radical (unpaired) electrons. The molecular formula is C17H29N3O. The van der Waals surface area contributed by atoms with E-state index in [1.165, 1.54) is 12.8 Å². The number of aryl methyl sites for hydroxylation is 1. The molecule has 0 amide bonds. The predicted octanol–water partition coefficient (Wildman–Crippen LogP) is 3.83. The SMILES string of the molecule is CCOC1(c2nc(CC)c(C)c(NC)n2)CCCC(C)C1. The number of hydrogen-bond acceptors (Lipinski definition) is 4. The van der Waals surface area contributed by atoms with Crippen LogP contribution in [-0.2, 0) is 16.8 Å². The third kappa shape index (κ3) is 3.20. The summed E-state index contributed by atoms with van der Waals surface area (Å²) in [6.45, 7) is 9.32. The molecule has 21 heavy (non-hydrogen) atoms. The van der Waals surface area contributed by atoms with Crippen LogP contribution in [0.2, 0.25) is 0 Å². The van der Waals surface area contributed by atoms with Crippen molar-refractivity contribution in [1.29, 1.82) is 0 Å². The van der Waals surface area contributed by atoms with Gasteiger partial charge in [0.05, 0.1) is 0 Å². The molecule has 1 N–H and O–H groups in total. The van der Waals surface area contributed by atoms with E-state index in [2.05, 4.69) is 33.0 Å². The largest absolute Gasteiger partial charge is 0.373 e. The van der Waals surface area contributed by atoms with Crippen molar-refractivity contribution in [2.24, 2.45) is 5.92 Å². The molecule has 2 rings (SSSR count). The Morgan fingerprint density at radius 1 is 1.33 bits per heavy atom. The number of anilines is 1. The quantitative estimate of drug-likeness (QED) is 0.895. The molecule has 0 spiro atoms. The van der Waals surface area contributed by atoms with Crippen LogP contribution in [0.4, 0.5) is 5.82 Å². The Labute approximate surface area is 128 Å². The number of aromatic nitrogens is 2. The van der Waals surface area contributed by atoms with E-state index in [-0.39, 0.29) is 5.60 Å². The molecule has 4 heteroatoms. The lowest BCUT2D eigenvalue weighted by Crippen LogP contribution is -2.37. The van der Waals surface area contributed by atoms with E-state index in [0.29, 0.717) is 12.5 Å². The molecule has 1 saturated carbocycles. The molecule has 1 aromatic heterocycles. The fraction of sp³-hybridized carbons (Fsp3) is 0.765. The minimum absolute atomic E-state index is 0.296. The number of nitrogens with one attached hydrogen (secondary N) is 1. The molecule has 1 aliphatic rings. The van der Waals surface area contributed by atoms with Crippen LogP contribution in [0.1, 0.15) is 63.5 Å². The van der Waals surface area contributed by atoms with Gasteiger partial charge >= 0.3 is 0 Å². The van der Waals surface area contributed by atoms with E-state index in [9.17, 15) is 0 Å². The van der Waals surface area contributed by atoms with Gasteiger partial charge in [-0.1, -0.05) is 20.3 Å². The second kappa shape index (κ2) is 6.73. The van der Waals surface area contributed by atoms with Crippen molar-refractivity contribution in [2.75, 3.05) is 19.0 Å². The first kappa shape index (κ1) is 16.2. The molecule has 1 fully saturated rings. The molecule has 0 aliphatic heterocycles. The average molecular weight is 291 g/mol. The van der Waals surface area contributed by atoms with Crippen LogP contribution in [0.25, 0.3) is 0 Å². The van der Waals surface area contributed by atoms with Gasteiger partial charge in [-0.15, -0.1) is 0 Å². The number of ether oxygens (including phenoxy) is 1. The molecule has 118 valence electrons. The summed E-state index contributed by atoms with van der Waals surface area (Å²) in [4.78, 5) is 9.67. The highest BCUT2D eigenvalue weighted by Crippen LogP contribution is 2.42. The van der Waals surface area contributed by atoms with Crippen molar-refractivity contribution in [3.05, 3.63) is 17.1 Å². The van der Waals surface area contributed by atoms with Gasteiger partial charge in [0.25, 0.3) is 0 Å². The maximum atomic E-state index is 6.21. The van der Waals surface area contributed by atoms with Gasteiger partial charge in [0, 0.05) is 24.9 Å². The molecule has 0 saturated heterocycles. The van der Waals surface area contributed by atoms with Crippen LogP contribution in [0.5, 0.6) is 0 Å². The highest BCUT2D eigenvalue weighted by Gasteiger charge is 2.40. The Hall–Kier alpha value is -1.16. The highest BCUT2D eigenvalue weighted by molar-refractivity contribution is 5.45. The summed E-state index contributed by atoms with van der Waals surface area (Å²) >= 11 is 0. The third-order valence-electron chi connectivity index (χ3n) is 4.60. The molecule has 0 bridgehead atoms. The van der Waals surface area contributed by atoms with Crippen molar-refractivity contribution in [1.82, 2.24) is 9.97 Å². The van der Waals surface area contributed by atoms with Crippen LogP contribution in [0.3, 0.4) is 0 Å². The minimum atomic E-state index is -0.296. The summed E-state index contributed by atoms with van der Waals surface area (Å²) in [5, 5.41) is 3.21. The van der Waals surface area contributed by atoms with Gasteiger partial charge < -0.3 is 10.1 Å². The molecule has 2 atom stereocenters. The van der Waals surface area contributed by atoms with Crippen molar-refractivity contribution < 1.29 is 4.74 Å². The van der Waals surface area contributed by atoms with E-state index in [1.54, 1.807) is 0 Å². The Kier molecular flexibility index (Phi) is 5.20. The first-order chi connectivity index (χ1) is 10.1. The van der Waals surface area contributed by atoms with Crippen molar-refractivity contribution >= 4 is 5.82 Å². The molecule has 1 aliphatic carbocycles. The lowest BCUT2D eigenvalue weighted by Gasteiger charge is -2.38. The van der Waals surface area contributed by atoms with Crippen LogP contribution in [0, 0.1) is 12.8 Å². The summed E-state index contributed by atoms with van der Waals surface area (Å²) in [7, 11) is 1.93. The van der Waals surface area contributed by atoms with E-state index < -0.39 is 0 Å². The van der Waals surface area contributed by atoms with Crippen LogP contribution >= 0.6 is 0 Å². The standard InChI is InChI=1S/C17H29N3O/c1-6-14-13(4)15(18-5)20-16(19-14)17(21-7-2)10-8-9-12(3)11-17/h12H,6-11H2,1-5H3,(H,18,19,20). The summed E-state index contributed by atoms with van der Waals surface area (Å²) in [5.41, 5.74) is 1.98. The summed E-state index contributed by atoms with van der Waals surface area (Å²) in [6.07, 6.45) is 5.44. The first-order valence-electron chi connectivity index (χ1n) is 8.26. The normalized spacial score (nSPS) is 25.9. The van der Waals surface area contributed by atoms with E-state index >= 15 is 0 Å². The average Bonchev–Trinajstić information content (AvgIpc) is 2.47. The molecule has 2 unspecified atom stereocenters. The summed E-state index contributed by atoms with van der Waals surface area (Å²) in [5.74, 6) is 2.48. The zero-order chi connectivity index (χ0) is 15.5. The van der Waals surface area contributed by atoms with Gasteiger partial charge in [0.2, 0.25) is 0 Å². The highest BCUT2D eigenvalue weighted by atomic mass is 16.5. The topological polar surface area (TPSA) is 47.0 Å². The van der Waals surface area contributed by atoms with Crippen LogP contribution in [-0.4, -0.2) is 23.6 Å². The van der Waals surface area contributed by atoms with E-state index in [4.69, 9.17) is 14.7 Å². The fourth-order valence-electron chi connectivity index (χ4n) is 3.53. The number of rotatable bonds is 5. The molecule has 4 nitrogen and oxygen atoms in total. The lowest BCUT2D eigenvalue weighted by atomic mass is 9.78. The van der Waals surface area contributed by atoms with Crippen LogP contribution in [0.15, 0.2) is 0 Å². The van der Waals surface area contributed by atoms with Gasteiger partial charge in [0.1, 0.15) is 11.4 Å². The smallest absolute Gasteiger partial charge is 0.162 e. The van der Waals surface area contributed by atoms with E-state index in [1.807, 2.05) is 7.05 Å². The maximum Gasteiger partial charge on any atom is 0.162 e. The Bertz CT molecular complexity index is 460. The van der Waals surface area contributed by atoms with Crippen molar-refractivity contribution in [3.8, 4) is 0 Å². The van der Waals surface area contributed by atoms with E-state index in [0.717, 1.165) is 42.2 Å². The fourth-order valence-corrected chi connectivity index (χ4v) is 3.53. The van der Waals surface area contributed by atoms with Gasteiger partial charge in [0.15, 0.2) is 5.82 Å². The Morgan fingerprint density at radius 2 is 2.10 bits per heavy atom. The summed E-state index contributed by atoms with van der Waals surface area (Å²) < 4.78 is 6.21. The molecular weight excluding hydrogens is 262 g/mol. The lowest BCUT2D eigenvalue weighted by molar-refractivity contribution is -0.0881. The first-order valence-corrected chi connectivity index (χ1v) is 8.26. The number of nitrogens with zero attached hydrogens (tertiary/aromatic N) is 2. The zero-order valence-electron chi connectivity index (χ0n) is 14.1. The zero-order valence-corrected chi connectivity index (χ0v) is 14.1. The predicted molar refractivity (Wildman–Crippen MR) is 86.6 cm³/mol. The summed E-state index contributed by atoms with van der Waals surface area (Å²) in [6, 6.07) is 0. The monoisotopic (exact) mass is 291 g/mol. The number of hydrogen-bond donors (Lipinski definition) is 1. The maximum absolute atomic E-state index is 6.21. The Morgan fingerprint density at radius 3 is 2.67 bits per heavy atom. The third-order valence-corrected chi connectivity index (χ3v) is 4.60. The van der Waals surface area contributed by atoms with Gasteiger partial charge in [-0.3, -0.25) is 0 Å². The Balaban J connectivity index is 2.49. The second-order valence-electron chi connectivity index (χ2n) is 6.20. The van der Waals surface area contributed by atoms with Crippen molar-refractivity contribution in [2.45, 2.75) is 65.4 Å². The second-order valence-corrected chi connectivity index (χ2v) is 6.20. The molecule has 0 aromatic carbocycles. The molecule has 1 aromatic rings.